The number of rotatable bonds is 3. The molecule has 0 bridgehead atoms. The van der Waals surface area contributed by atoms with Crippen molar-refractivity contribution in [1.29, 1.82) is 0 Å². The van der Waals surface area contributed by atoms with Crippen molar-refractivity contribution < 1.29 is 0 Å². The van der Waals surface area contributed by atoms with Crippen LogP contribution in [0, 0.1) is 0 Å². The van der Waals surface area contributed by atoms with E-state index in [4.69, 9.17) is 0 Å². The van der Waals surface area contributed by atoms with Crippen LogP contribution in [0.4, 0.5) is 0 Å². The molecule has 0 saturated heterocycles. The first kappa shape index (κ1) is 11.7. The summed E-state index contributed by atoms with van der Waals surface area (Å²) in [6.07, 6.45) is 3.16. The first-order valence-electron chi connectivity index (χ1n) is 6.16. The van der Waals surface area contributed by atoms with Gasteiger partial charge in [0.25, 0.3) is 0 Å². The van der Waals surface area contributed by atoms with E-state index in [-0.39, 0.29) is 0 Å². The third-order valence-electron chi connectivity index (χ3n) is 3.27. The molecule has 18 heavy (non-hydrogen) atoms. The highest BCUT2D eigenvalue weighted by Crippen LogP contribution is 2.43. The monoisotopic (exact) mass is 299 g/mol. The molecule has 1 aliphatic carbocycles. The molecule has 1 nitrogen and oxygen atoms in total. The summed E-state index contributed by atoms with van der Waals surface area (Å²) in [5.41, 5.74) is 2.58. The lowest BCUT2D eigenvalue weighted by atomic mass is 10.1. The molecule has 0 aromatic heterocycles. The number of aliphatic imine (C=N–C) groups is 1. The number of halogens is 1. The van der Waals surface area contributed by atoms with Crippen LogP contribution >= 0.6 is 15.9 Å². The molecule has 0 heterocycles. The second kappa shape index (κ2) is 5.07. The number of nitrogens with zero attached hydrogens (tertiary/aromatic N) is 1. The first-order valence-corrected chi connectivity index (χ1v) is 6.96. The van der Waals surface area contributed by atoms with Crippen LogP contribution < -0.4 is 0 Å². The molecule has 3 rings (SSSR count). The standard InChI is InChI=1S/C16H14BrN/c17-14-8-6-12(7-9-14)11-18-16-10-15(16)13-4-2-1-3-5-13/h1-9,11,15-16H,10H2. The molecule has 0 aliphatic heterocycles. The highest BCUT2D eigenvalue weighted by molar-refractivity contribution is 9.10. The van der Waals surface area contributed by atoms with Gasteiger partial charge in [0, 0.05) is 16.6 Å². The smallest absolute Gasteiger partial charge is 0.0575 e. The van der Waals surface area contributed by atoms with Gasteiger partial charge in [-0.2, -0.15) is 0 Å². The second-order valence-electron chi connectivity index (χ2n) is 4.65. The second-order valence-corrected chi connectivity index (χ2v) is 5.57. The molecule has 90 valence electrons. The molecule has 0 amide bonds. The summed E-state index contributed by atoms with van der Waals surface area (Å²) in [5, 5.41) is 0. The van der Waals surface area contributed by atoms with Crippen LogP contribution in [0.25, 0.3) is 0 Å². The van der Waals surface area contributed by atoms with E-state index in [1.54, 1.807) is 0 Å². The van der Waals surface area contributed by atoms with Gasteiger partial charge in [0.2, 0.25) is 0 Å². The SMILES string of the molecule is Brc1ccc(C=NC2CC2c2ccccc2)cc1. The zero-order chi connectivity index (χ0) is 12.4. The van der Waals surface area contributed by atoms with Gasteiger partial charge in [-0.25, -0.2) is 0 Å². The summed E-state index contributed by atoms with van der Waals surface area (Å²) < 4.78 is 1.10. The fraction of sp³-hybridized carbons (Fsp3) is 0.188. The topological polar surface area (TPSA) is 12.4 Å². The number of hydrogen-bond donors (Lipinski definition) is 0. The molecule has 2 aromatic rings. The van der Waals surface area contributed by atoms with Crippen molar-refractivity contribution >= 4 is 22.1 Å². The minimum Gasteiger partial charge on any atom is -0.289 e. The van der Waals surface area contributed by atoms with Crippen molar-refractivity contribution in [2.75, 3.05) is 0 Å². The highest BCUT2D eigenvalue weighted by Gasteiger charge is 2.37. The van der Waals surface area contributed by atoms with Crippen molar-refractivity contribution in [3.63, 3.8) is 0 Å². The molecule has 0 N–H and O–H groups in total. The lowest BCUT2D eigenvalue weighted by Gasteiger charge is -1.96. The molecule has 2 heteroatoms. The van der Waals surface area contributed by atoms with E-state index in [1.807, 2.05) is 18.3 Å². The fourth-order valence-electron chi connectivity index (χ4n) is 2.14. The van der Waals surface area contributed by atoms with E-state index in [1.165, 1.54) is 12.0 Å². The minimum absolute atomic E-state index is 0.469. The predicted octanol–water partition coefficient (Wildman–Crippen LogP) is 4.42. The van der Waals surface area contributed by atoms with Gasteiger partial charge in [0.1, 0.15) is 0 Å². The predicted molar refractivity (Wildman–Crippen MR) is 79.3 cm³/mol. The van der Waals surface area contributed by atoms with Crippen molar-refractivity contribution in [3.8, 4) is 0 Å². The molecular weight excluding hydrogens is 286 g/mol. The van der Waals surface area contributed by atoms with E-state index in [2.05, 4.69) is 63.4 Å². The lowest BCUT2D eigenvalue weighted by molar-refractivity contribution is 0.995. The van der Waals surface area contributed by atoms with Gasteiger partial charge < -0.3 is 0 Å². The summed E-state index contributed by atoms with van der Waals surface area (Å²) in [6.45, 7) is 0. The van der Waals surface area contributed by atoms with E-state index in [0.29, 0.717) is 12.0 Å². The molecule has 1 fully saturated rings. The maximum absolute atomic E-state index is 4.65. The summed E-state index contributed by atoms with van der Waals surface area (Å²) in [7, 11) is 0. The van der Waals surface area contributed by atoms with Crippen molar-refractivity contribution in [2.24, 2.45) is 4.99 Å². The molecule has 2 unspecified atom stereocenters. The Labute approximate surface area is 116 Å². The van der Waals surface area contributed by atoms with Crippen LogP contribution in [0.3, 0.4) is 0 Å². The molecule has 0 radical (unpaired) electrons. The Morgan fingerprint density at radius 3 is 2.44 bits per heavy atom. The third-order valence-corrected chi connectivity index (χ3v) is 3.80. The van der Waals surface area contributed by atoms with Crippen molar-refractivity contribution in [2.45, 2.75) is 18.4 Å². The fourth-order valence-corrected chi connectivity index (χ4v) is 2.40. The average Bonchev–Trinajstić information content (AvgIpc) is 3.19. The molecule has 0 spiro atoms. The maximum atomic E-state index is 4.65. The normalized spacial score (nSPS) is 22.3. The average molecular weight is 300 g/mol. The van der Waals surface area contributed by atoms with E-state index >= 15 is 0 Å². The van der Waals surface area contributed by atoms with Crippen LogP contribution in [0.1, 0.15) is 23.5 Å². The Morgan fingerprint density at radius 2 is 1.72 bits per heavy atom. The van der Waals surface area contributed by atoms with Crippen LogP contribution in [0.15, 0.2) is 64.1 Å². The van der Waals surface area contributed by atoms with Crippen LogP contribution in [-0.4, -0.2) is 12.3 Å². The van der Waals surface area contributed by atoms with Crippen molar-refractivity contribution in [1.82, 2.24) is 0 Å². The molecule has 2 aromatic carbocycles. The summed E-state index contributed by atoms with van der Waals surface area (Å²) in [4.78, 5) is 4.65. The zero-order valence-corrected chi connectivity index (χ0v) is 11.5. The lowest BCUT2D eigenvalue weighted by Crippen LogP contribution is -1.87. The maximum Gasteiger partial charge on any atom is 0.0575 e. The Balaban J connectivity index is 1.64. The number of benzene rings is 2. The van der Waals surface area contributed by atoms with Gasteiger partial charge in [-0.05, 0) is 29.7 Å². The first-order chi connectivity index (χ1) is 8.83. The van der Waals surface area contributed by atoms with Crippen LogP contribution in [0.5, 0.6) is 0 Å². The van der Waals surface area contributed by atoms with E-state index in [9.17, 15) is 0 Å². The Bertz CT molecular complexity index is 545. The van der Waals surface area contributed by atoms with Crippen LogP contribution in [0.2, 0.25) is 0 Å². The highest BCUT2D eigenvalue weighted by atomic mass is 79.9. The third kappa shape index (κ3) is 2.70. The molecule has 1 saturated carbocycles. The van der Waals surface area contributed by atoms with Gasteiger partial charge >= 0.3 is 0 Å². The van der Waals surface area contributed by atoms with Gasteiger partial charge in [0.05, 0.1) is 6.04 Å². The summed E-state index contributed by atoms with van der Waals surface area (Å²) in [6, 6.07) is 19.4. The minimum atomic E-state index is 0.469. The van der Waals surface area contributed by atoms with Crippen molar-refractivity contribution in [3.05, 3.63) is 70.2 Å². The molecule has 2 atom stereocenters. The summed E-state index contributed by atoms with van der Waals surface area (Å²) >= 11 is 3.43. The summed E-state index contributed by atoms with van der Waals surface area (Å²) in [5.74, 6) is 0.623. The van der Waals surface area contributed by atoms with Crippen LogP contribution in [-0.2, 0) is 0 Å². The zero-order valence-electron chi connectivity index (χ0n) is 9.96. The van der Waals surface area contributed by atoms with E-state index < -0.39 is 0 Å². The quantitative estimate of drug-likeness (QED) is 0.744. The Hall–Kier alpha value is -1.41. The van der Waals surface area contributed by atoms with E-state index in [0.717, 1.165) is 10.0 Å². The Morgan fingerprint density at radius 1 is 1.00 bits per heavy atom. The molecular formula is C16H14BrN. The van der Waals surface area contributed by atoms with Gasteiger partial charge in [-0.3, -0.25) is 4.99 Å². The van der Waals surface area contributed by atoms with Gasteiger partial charge in [-0.1, -0.05) is 58.4 Å². The number of hydrogen-bond acceptors (Lipinski definition) is 1. The molecule has 1 aliphatic rings. The largest absolute Gasteiger partial charge is 0.289 e. The van der Waals surface area contributed by atoms with Gasteiger partial charge in [-0.15, -0.1) is 0 Å². The Kier molecular flexibility index (Phi) is 3.28. The van der Waals surface area contributed by atoms with Gasteiger partial charge in [0.15, 0.2) is 0 Å².